The largest absolute Gasteiger partial charge is 0.324 e. The zero-order valence-corrected chi connectivity index (χ0v) is 21.7. The minimum absolute atomic E-state index is 0.627. The summed E-state index contributed by atoms with van der Waals surface area (Å²) in [5.74, 6) is 0.627. The molecular formula is C33H33N5. The monoisotopic (exact) mass is 499 g/mol. The van der Waals surface area contributed by atoms with Gasteiger partial charge in [-0.1, -0.05) is 48.5 Å². The molecular weight excluding hydrogens is 466 g/mol. The summed E-state index contributed by atoms with van der Waals surface area (Å²) < 4.78 is 2.13. The van der Waals surface area contributed by atoms with Crippen LogP contribution in [0.15, 0.2) is 91.3 Å². The van der Waals surface area contributed by atoms with E-state index >= 15 is 0 Å². The fraction of sp³-hybridized carbons (Fsp3) is 0.273. The summed E-state index contributed by atoms with van der Waals surface area (Å²) in [6, 6.07) is 28.7. The third kappa shape index (κ3) is 4.59. The molecule has 0 radical (unpaired) electrons. The summed E-state index contributed by atoms with van der Waals surface area (Å²) in [5, 5.41) is 4.51. The Bertz CT molecular complexity index is 1550. The topological polar surface area (TPSA) is 46.0 Å². The van der Waals surface area contributed by atoms with E-state index in [0.717, 1.165) is 34.9 Å². The van der Waals surface area contributed by atoms with Gasteiger partial charge in [0.15, 0.2) is 0 Å². The third-order valence-corrected chi connectivity index (χ3v) is 8.29. The van der Waals surface area contributed by atoms with Gasteiger partial charge < -0.3 is 14.8 Å². The summed E-state index contributed by atoms with van der Waals surface area (Å²) >= 11 is 0. The Morgan fingerprint density at radius 1 is 0.763 bits per heavy atom. The van der Waals surface area contributed by atoms with E-state index in [-0.39, 0.29) is 0 Å². The van der Waals surface area contributed by atoms with Crippen LogP contribution in [0.3, 0.4) is 0 Å². The molecule has 1 unspecified atom stereocenters. The normalized spacial score (nSPS) is 17.8. The van der Waals surface area contributed by atoms with Crippen molar-refractivity contribution in [2.75, 3.05) is 18.4 Å². The third-order valence-electron chi connectivity index (χ3n) is 8.29. The first-order valence-corrected chi connectivity index (χ1v) is 13.9. The van der Waals surface area contributed by atoms with Gasteiger partial charge >= 0.3 is 0 Å². The first kappa shape index (κ1) is 23.2. The number of aromatic nitrogens is 3. The number of nitrogens with zero attached hydrogens (tertiary/aromatic N) is 4. The second-order valence-electron chi connectivity index (χ2n) is 10.7. The molecule has 7 rings (SSSR count). The van der Waals surface area contributed by atoms with Crippen molar-refractivity contribution in [1.82, 2.24) is 19.4 Å². The molecule has 3 aromatic carbocycles. The Balaban J connectivity index is 1.11. The molecule has 2 aliphatic rings. The fourth-order valence-corrected chi connectivity index (χ4v) is 6.20. The molecule has 0 bridgehead atoms. The molecule has 1 fully saturated rings. The Labute approximate surface area is 224 Å². The molecule has 1 aliphatic carbocycles. The molecule has 5 heteroatoms. The van der Waals surface area contributed by atoms with Gasteiger partial charge in [0.1, 0.15) is 5.65 Å². The smallest absolute Gasteiger partial charge is 0.229 e. The molecule has 38 heavy (non-hydrogen) atoms. The van der Waals surface area contributed by atoms with Gasteiger partial charge in [0, 0.05) is 35.2 Å². The van der Waals surface area contributed by atoms with Crippen LogP contribution >= 0.6 is 0 Å². The van der Waals surface area contributed by atoms with Crippen LogP contribution in [0, 0.1) is 0 Å². The number of likely N-dealkylation sites (tertiary alicyclic amines) is 1. The van der Waals surface area contributed by atoms with Crippen molar-refractivity contribution in [3.63, 3.8) is 0 Å². The predicted octanol–water partition coefficient (Wildman–Crippen LogP) is 7.17. The molecule has 0 amide bonds. The number of benzene rings is 3. The maximum atomic E-state index is 4.92. The van der Waals surface area contributed by atoms with Gasteiger partial charge in [-0.15, -0.1) is 0 Å². The zero-order valence-electron chi connectivity index (χ0n) is 21.7. The van der Waals surface area contributed by atoms with Crippen LogP contribution < -0.4 is 5.32 Å². The van der Waals surface area contributed by atoms with E-state index in [1.54, 1.807) is 0 Å². The van der Waals surface area contributed by atoms with Crippen LogP contribution in [0.2, 0.25) is 0 Å². The second-order valence-corrected chi connectivity index (χ2v) is 10.7. The molecule has 1 N–H and O–H groups in total. The lowest BCUT2D eigenvalue weighted by Crippen LogP contribution is -2.32. The molecule has 190 valence electrons. The lowest BCUT2D eigenvalue weighted by molar-refractivity contribution is 0.222. The molecule has 0 saturated carbocycles. The Hall–Kier alpha value is -3.96. The van der Waals surface area contributed by atoms with Crippen molar-refractivity contribution in [2.45, 2.75) is 44.6 Å². The summed E-state index contributed by atoms with van der Waals surface area (Å²) in [7, 11) is 0. The highest BCUT2D eigenvalue weighted by Crippen LogP contribution is 2.29. The first-order valence-electron chi connectivity index (χ1n) is 13.9. The van der Waals surface area contributed by atoms with E-state index < -0.39 is 0 Å². The van der Waals surface area contributed by atoms with Gasteiger partial charge in [-0.3, -0.25) is 0 Å². The number of fused-ring (bicyclic) bond motifs is 2. The average molecular weight is 500 g/mol. The Morgan fingerprint density at radius 2 is 1.53 bits per heavy atom. The number of hydrogen-bond acceptors (Lipinski definition) is 4. The number of hydrogen-bond donors (Lipinski definition) is 1. The lowest BCUT2D eigenvalue weighted by atomic mass is 10.0. The van der Waals surface area contributed by atoms with E-state index in [2.05, 4.69) is 98.8 Å². The molecule has 2 aromatic heterocycles. The predicted molar refractivity (Wildman–Crippen MR) is 155 cm³/mol. The minimum Gasteiger partial charge on any atom is -0.324 e. The number of nitrogens with one attached hydrogen (secondary N) is 1. The molecule has 5 aromatic rings. The number of rotatable bonds is 5. The minimum atomic E-state index is 0.627. The summed E-state index contributed by atoms with van der Waals surface area (Å²) in [6.45, 7) is 2.57. The molecule has 3 heterocycles. The first-order chi connectivity index (χ1) is 18.8. The van der Waals surface area contributed by atoms with Crippen molar-refractivity contribution in [3.8, 4) is 16.8 Å². The Morgan fingerprint density at radius 3 is 2.34 bits per heavy atom. The highest BCUT2D eigenvalue weighted by molar-refractivity contribution is 5.79. The van der Waals surface area contributed by atoms with Crippen LogP contribution in [0.1, 0.15) is 36.8 Å². The van der Waals surface area contributed by atoms with Crippen LogP contribution in [0.4, 0.5) is 11.6 Å². The fourth-order valence-electron chi connectivity index (χ4n) is 6.20. The van der Waals surface area contributed by atoms with Gasteiger partial charge in [0.05, 0.1) is 0 Å². The van der Waals surface area contributed by atoms with Crippen molar-refractivity contribution in [2.24, 2.45) is 0 Å². The summed E-state index contributed by atoms with van der Waals surface area (Å²) in [4.78, 5) is 12.3. The molecule has 1 saturated heterocycles. The highest BCUT2D eigenvalue weighted by Gasteiger charge is 2.24. The van der Waals surface area contributed by atoms with E-state index in [4.69, 9.17) is 4.98 Å². The van der Waals surface area contributed by atoms with Crippen LogP contribution in [0.25, 0.3) is 27.8 Å². The van der Waals surface area contributed by atoms with E-state index in [0.29, 0.717) is 5.95 Å². The van der Waals surface area contributed by atoms with Gasteiger partial charge in [-0.05, 0) is 104 Å². The van der Waals surface area contributed by atoms with E-state index in [1.807, 2.05) is 12.3 Å². The molecule has 0 spiro atoms. The number of anilines is 2. The van der Waals surface area contributed by atoms with Gasteiger partial charge in [0.25, 0.3) is 0 Å². The zero-order chi connectivity index (χ0) is 25.3. The van der Waals surface area contributed by atoms with Crippen molar-refractivity contribution in [1.29, 1.82) is 0 Å². The van der Waals surface area contributed by atoms with E-state index in [9.17, 15) is 0 Å². The average Bonchev–Trinajstić information content (AvgIpc) is 3.60. The molecule has 1 atom stereocenters. The quantitative estimate of drug-likeness (QED) is 0.260. The maximum absolute atomic E-state index is 4.92. The van der Waals surface area contributed by atoms with Gasteiger partial charge in [-0.25, -0.2) is 4.98 Å². The van der Waals surface area contributed by atoms with E-state index in [1.165, 1.54) is 67.4 Å². The van der Waals surface area contributed by atoms with Crippen LogP contribution in [-0.4, -0.2) is 38.6 Å². The SMILES string of the molecule is c1ccc(-c2ccc(-n3ccc4cnc(Nc5ccc6c(c5)CCC(N5CCCC5)CC6)nc43)cc2)cc1. The highest BCUT2D eigenvalue weighted by atomic mass is 15.2. The number of aryl methyl sites for hydroxylation is 2. The second kappa shape index (κ2) is 10.1. The van der Waals surface area contributed by atoms with Gasteiger partial charge in [0.2, 0.25) is 5.95 Å². The van der Waals surface area contributed by atoms with Crippen molar-refractivity contribution < 1.29 is 0 Å². The standard InChI is InChI=1S/C33H33N5/c1-2-6-24(7-3-1)25-10-16-31(17-11-25)38-21-18-28-23-34-33(36-32(28)38)35-29-13-8-26-9-14-30(15-12-27(26)22-29)37-19-4-5-20-37/h1-3,6-8,10-11,13,16-18,21-23,30H,4-5,9,12,14-15,19-20H2,(H,34,35,36). The van der Waals surface area contributed by atoms with Crippen LogP contribution in [0.5, 0.6) is 0 Å². The molecule has 5 nitrogen and oxygen atoms in total. The van der Waals surface area contributed by atoms with Crippen LogP contribution in [-0.2, 0) is 12.8 Å². The maximum Gasteiger partial charge on any atom is 0.229 e. The summed E-state index contributed by atoms with van der Waals surface area (Å²) in [5.41, 5.74) is 8.45. The lowest BCUT2D eigenvalue weighted by Gasteiger charge is -2.25. The van der Waals surface area contributed by atoms with Crippen molar-refractivity contribution in [3.05, 3.63) is 102 Å². The van der Waals surface area contributed by atoms with Crippen molar-refractivity contribution >= 4 is 22.7 Å². The molecule has 1 aliphatic heterocycles. The summed E-state index contributed by atoms with van der Waals surface area (Å²) in [6.07, 6.45) is 11.6. The van der Waals surface area contributed by atoms with Gasteiger partial charge in [-0.2, -0.15) is 4.98 Å². The Kier molecular flexibility index (Phi) is 6.14.